The third kappa shape index (κ3) is 4.08. The number of para-hydroxylation sites is 2. The summed E-state index contributed by atoms with van der Waals surface area (Å²) in [6, 6.07) is 8.51. The van der Waals surface area contributed by atoms with Gasteiger partial charge in [-0.3, -0.25) is 4.79 Å². The molecule has 1 aromatic carbocycles. The quantitative estimate of drug-likeness (QED) is 0.666. The fourth-order valence-corrected chi connectivity index (χ4v) is 4.18. The number of aromatic nitrogens is 2. The smallest absolute Gasteiger partial charge is 0.230 e. The molecule has 0 radical (unpaired) electrons. The molecule has 23 heavy (non-hydrogen) atoms. The van der Waals surface area contributed by atoms with Gasteiger partial charge in [0.2, 0.25) is 5.91 Å². The molecule has 5 heteroatoms. The van der Waals surface area contributed by atoms with Gasteiger partial charge in [0.25, 0.3) is 0 Å². The van der Waals surface area contributed by atoms with Crippen LogP contribution in [-0.4, -0.2) is 27.3 Å². The monoisotopic (exact) mass is 331 g/mol. The van der Waals surface area contributed by atoms with Gasteiger partial charge in [-0.15, -0.1) is 0 Å². The zero-order valence-corrected chi connectivity index (χ0v) is 14.6. The number of rotatable bonds is 5. The average molecular weight is 331 g/mol. The van der Waals surface area contributed by atoms with E-state index in [-0.39, 0.29) is 5.91 Å². The Kier molecular flexibility index (Phi) is 5.60. The van der Waals surface area contributed by atoms with Gasteiger partial charge in [0.05, 0.1) is 16.8 Å². The van der Waals surface area contributed by atoms with E-state index >= 15 is 0 Å². The third-order valence-corrected chi connectivity index (χ3v) is 5.46. The summed E-state index contributed by atoms with van der Waals surface area (Å²) in [4.78, 5) is 16.9. The highest BCUT2D eigenvalue weighted by Crippen LogP contribution is 2.24. The van der Waals surface area contributed by atoms with Gasteiger partial charge >= 0.3 is 0 Å². The maximum atomic E-state index is 12.2. The fourth-order valence-electron chi connectivity index (χ4n) is 3.29. The topological polar surface area (TPSA) is 46.9 Å². The Morgan fingerprint density at radius 3 is 2.74 bits per heavy atom. The summed E-state index contributed by atoms with van der Waals surface area (Å²) in [5.41, 5.74) is 2.14. The third-order valence-electron chi connectivity index (χ3n) is 4.49. The molecule has 0 saturated heterocycles. The van der Waals surface area contributed by atoms with Crippen LogP contribution in [0.3, 0.4) is 0 Å². The number of hydrogen-bond donors (Lipinski definition) is 1. The van der Waals surface area contributed by atoms with Gasteiger partial charge in [-0.1, -0.05) is 49.6 Å². The predicted molar refractivity (Wildman–Crippen MR) is 95.8 cm³/mol. The zero-order valence-electron chi connectivity index (χ0n) is 13.8. The Balaban J connectivity index is 1.60. The first-order valence-electron chi connectivity index (χ1n) is 8.65. The van der Waals surface area contributed by atoms with Gasteiger partial charge in [0, 0.05) is 12.6 Å². The minimum atomic E-state index is 0.136. The Morgan fingerprint density at radius 1 is 1.26 bits per heavy atom. The van der Waals surface area contributed by atoms with E-state index < -0.39 is 0 Å². The molecule has 1 aliphatic carbocycles. The van der Waals surface area contributed by atoms with Gasteiger partial charge in [-0.2, -0.15) is 0 Å². The second-order valence-corrected chi connectivity index (χ2v) is 7.11. The molecule has 4 nitrogen and oxygen atoms in total. The van der Waals surface area contributed by atoms with Crippen LogP contribution >= 0.6 is 11.8 Å². The molecular weight excluding hydrogens is 306 g/mol. The Morgan fingerprint density at radius 2 is 2.00 bits per heavy atom. The van der Waals surface area contributed by atoms with E-state index in [0.29, 0.717) is 11.8 Å². The molecule has 1 N–H and O–H groups in total. The van der Waals surface area contributed by atoms with Gasteiger partial charge in [-0.05, 0) is 31.9 Å². The number of thioether (sulfide) groups is 1. The summed E-state index contributed by atoms with van der Waals surface area (Å²) in [7, 11) is 0. The predicted octanol–water partition coefficient (Wildman–Crippen LogP) is 3.99. The minimum Gasteiger partial charge on any atom is -0.353 e. The number of benzene rings is 1. The highest BCUT2D eigenvalue weighted by Gasteiger charge is 2.16. The van der Waals surface area contributed by atoms with E-state index in [0.717, 1.165) is 35.6 Å². The van der Waals surface area contributed by atoms with Crippen molar-refractivity contribution in [3.05, 3.63) is 24.3 Å². The van der Waals surface area contributed by atoms with E-state index in [1.807, 2.05) is 18.2 Å². The molecule has 124 valence electrons. The highest BCUT2D eigenvalue weighted by atomic mass is 32.2. The molecule has 0 unspecified atom stereocenters. The molecule has 1 aromatic heterocycles. The van der Waals surface area contributed by atoms with Crippen molar-refractivity contribution < 1.29 is 4.79 Å². The summed E-state index contributed by atoms with van der Waals surface area (Å²) in [5.74, 6) is 0.580. The van der Waals surface area contributed by atoms with Gasteiger partial charge < -0.3 is 9.88 Å². The lowest BCUT2D eigenvalue weighted by atomic mass is 10.1. The van der Waals surface area contributed by atoms with Crippen LogP contribution in [0.4, 0.5) is 0 Å². The number of nitrogens with zero attached hydrogens (tertiary/aromatic N) is 2. The van der Waals surface area contributed by atoms with Crippen molar-refractivity contribution in [1.29, 1.82) is 0 Å². The van der Waals surface area contributed by atoms with Crippen molar-refractivity contribution in [1.82, 2.24) is 14.9 Å². The van der Waals surface area contributed by atoms with Crippen LogP contribution in [0.1, 0.15) is 45.4 Å². The second kappa shape index (κ2) is 7.86. The first-order chi connectivity index (χ1) is 11.3. The molecule has 2 aromatic rings. The van der Waals surface area contributed by atoms with Crippen molar-refractivity contribution >= 4 is 28.7 Å². The van der Waals surface area contributed by atoms with Crippen LogP contribution in [-0.2, 0) is 11.3 Å². The number of hydrogen-bond acceptors (Lipinski definition) is 3. The van der Waals surface area contributed by atoms with E-state index in [4.69, 9.17) is 0 Å². The first-order valence-corrected chi connectivity index (χ1v) is 9.64. The number of imidazole rings is 1. The SMILES string of the molecule is CCn1c(SCC(=O)NC2CCCCCC2)nc2ccccc21. The lowest BCUT2D eigenvalue weighted by molar-refractivity contribution is -0.119. The lowest BCUT2D eigenvalue weighted by Crippen LogP contribution is -2.35. The Hall–Kier alpha value is -1.49. The molecule has 1 amide bonds. The highest BCUT2D eigenvalue weighted by molar-refractivity contribution is 7.99. The largest absolute Gasteiger partial charge is 0.353 e. The van der Waals surface area contributed by atoms with E-state index in [2.05, 4.69) is 27.9 Å². The Labute approximate surface area is 142 Å². The summed E-state index contributed by atoms with van der Waals surface area (Å²) in [6.07, 6.45) is 7.35. The van der Waals surface area contributed by atoms with Crippen molar-refractivity contribution in [2.24, 2.45) is 0 Å². The summed E-state index contributed by atoms with van der Waals surface area (Å²) in [5, 5.41) is 4.14. The maximum absolute atomic E-state index is 12.2. The lowest BCUT2D eigenvalue weighted by Gasteiger charge is -2.16. The first kappa shape index (κ1) is 16.4. The second-order valence-electron chi connectivity index (χ2n) is 6.17. The molecule has 1 saturated carbocycles. The van der Waals surface area contributed by atoms with Crippen molar-refractivity contribution in [3.8, 4) is 0 Å². The zero-order chi connectivity index (χ0) is 16.1. The molecule has 0 atom stereocenters. The van der Waals surface area contributed by atoms with Crippen LogP contribution < -0.4 is 5.32 Å². The Bertz CT molecular complexity index is 659. The maximum Gasteiger partial charge on any atom is 0.230 e. The van der Waals surface area contributed by atoms with Crippen molar-refractivity contribution in [3.63, 3.8) is 0 Å². The number of carbonyl (C=O) groups is 1. The molecule has 0 spiro atoms. The number of fused-ring (bicyclic) bond motifs is 1. The van der Waals surface area contributed by atoms with Gasteiger partial charge in [0.1, 0.15) is 0 Å². The van der Waals surface area contributed by atoms with E-state index in [1.54, 1.807) is 0 Å². The average Bonchev–Trinajstić information content (AvgIpc) is 2.72. The molecule has 3 rings (SSSR count). The van der Waals surface area contributed by atoms with Crippen LogP contribution in [0.25, 0.3) is 11.0 Å². The van der Waals surface area contributed by atoms with Crippen LogP contribution in [0.2, 0.25) is 0 Å². The van der Waals surface area contributed by atoms with E-state index in [1.165, 1.54) is 37.4 Å². The van der Waals surface area contributed by atoms with Gasteiger partial charge in [-0.25, -0.2) is 4.98 Å². The summed E-state index contributed by atoms with van der Waals surface area (Å²) < 4.78 is 2.18. The molecule has 1 aliphatic rings. The van der Waals surface area contributed by atoms with Crippen LogP contribution in [0.15, 0.2) is 29.4 Å². The normalized spacial score (nSPS) is 16.4. The molecule has 0 bridgehead atoms. The van der Waals surface area contributed by atoms with Crippen LogP contribution in [0, 0.1) is 0 Å². The van der Waals surface area contributed by atoms with Crippen molar-refractivity contribution in [2.75, 3.05) is 5.75 Å². The van der Waals surface area contributed by atoms with Crippen molar-refractivity contribution in [2.45, 2.75) is 63.2 Å². The minimum absolute atomic E-state index is 0.136. The molecule has 1 heterocycles. The number of carbonyl (C=O) groups excluding carboxylic acids is 1. The van der Waals surface area contributed by atoms with E-state index in [9.17, 15) is 4.79 Å². The number of nitrogens with one attached hydrogen (secondary N) is 1. The summed E-state index contributed by atoms with van der Waals surface area (Å²) >= 11 is 1.54. The molecule has 1 fully saturated rings. The fraction of sp³-hybridized carbons (Fsp3) is 0.556. The molecule has 0 aliphatic heterocycles. The molecular formula is C18H25N3OS. The summed E-state index contributed by atoms with van der Waals surface area (Å²) in [6.45, 7) is 2.98. The van der Waals surface area contributed by atoms with Gasteiger partial charge in [0.15, 0.2) is 5.16 Å². The number of aryl methyl sites for hydroxylation is 1. The number of amides is 1. The standard InChI is InChI=1S/C18H25N3OS/c1-2-21-16-12-8-7-11-15(16)20-18(21)23-13-17(22)19-14-9-5-3-4-6-10-14/h7-8,11-12,14H,2-6,9-10,13H2,1H3,(H,19,22). The van der Waals surface area contributed by atoms with Crippen LogP contribution in [0.5, 0.6) is 0 Å².